The Morgan fingerprint density at radius 2 is 1.81 bits per heavy atom. The number of hydrogen-bond acceptors (Lipinski definition) is 10. The summed E-state index contributed by atoms with van der Waals surface area (Å²) >= 11 is 0.963. The molecule has 13 heteroatoms. The Morgan fingerprint density at radius 3 is 2.43 bits per heavy atom. The molecule has 0 spiro atoms. The van der Waals surface area contributed by atoms with Crippen LogP contribution in [0.1, 0.15) is 11.1 Å². The van der Waals surface area contributed by atoms with Gasteiger partial charge in [-0.15, -0.1) is 0 Å². The number of benzene rings is 1. The number of nitriles is 2. The number of furan rings is 1. The summed E-state index contributed by atoms with van der Waals surface area (Å²) in [4.78, 5) is 20.6. The number of carbonyl (C=O) groups excluding carboxylic acids is 1. The maximum atomic E-state index is 12.5. The summed E-state index contributed by atoms with van der Waals surface area (Å²) in [6, 6.07) is 17.6. The minimum absolute atomic E-state index is 0.00730. The van der Waals surface area contributed by atoms with E-state index in [1.54, 1.807) is 24.3 Å². The van der Waals surface area contributed by atoms with Gasteiger partial charge in [-0.2, -0.15) is 10.5 Å². The Hall–Kier alpha value is -4.85. The molecule has 0 bridgehead atoms. The van der Waals surface area contributed by atoms with Crippen LogP contribution in [0.25, 0.3) is 11.3 Å². The highest BCUT2D eigenvalue weighted by Gasteiger charge is 2.23. The molecule has 3 heterocycles. The number of carbonyl (C=O) groups is 1. The van der Waals surface area contributed by atoms with Crippen LogP contribution in [0.2, 0.25) is 0 Å². The van der Waals surface area contributed by atoms with Crippen LogP contribution in [0.4, 0.5) is 17.3 Å². The number of pyridine rings is 2. The fourth-order valence-corrected chi connectivity index (χ4v) is 5.04. The van der Waals surface area contributed by atoms with Gasteiger partial charge in [0.1, 0.15) is 40.1 Å². The van der Waals surface area contributed by atoms with Crippen LogP contribution in [0, 0.1) is 22.7 Å². The highest BCUT2D eigenvalue weighted by Crippen LogP contribution is 2.35. The molecule has 4 aromatic rings. The van der Waals surface area contributed by atoms with E-state index >= 15 is 0 Å². The number of amides is 1. The van der Waals surface area contributed by atoms with Crippen molar-refractivity contribution in [2.45, 2.75) is 9.92 Å². The van der Waals surface area contributed by atoms with Gasteiger partial charge in [-0.05, 0) is 48.5 Å². The first-order chi connectivity index (χ1) is 17.8. The number of hydrogen-bond donors (Lipinski definition) is 3. The quantitative estimate of drug-likeness (QED) is 0.283. The number of rotatable bonds is 8. The Morgan fingerprint density at radius 1 is 1.05 bits per heavy atom. The molecule has 1 aromatic carbocycles. The van der Waals surface area contributed by atoms with Gasteiger partial charge in [-0.3, -0.25) is 9.52 Å². The van der Waals surface area contributed by atoms with Crippen LogP contribution < -0.4 is 15.8 Å². The molecule has 0 radical (unpaired) electrons. The maximum Gasteiger partial charge on any atom is 0.263 e. The van der Waals surface area contributed by atoms with E-state index in [1.165, 1.54) is 42.8 Å². The molecule has 0 aliphatic rings. The molecular weight excluding hydrogens is 514 g/mol. The second-order valence-corrected chi connectivity index (χ2v) is 9.96. The Kier molecular flexibility index (Phi) is 7.39. The largest absolute Gasteiger partial charge is 0.464 e. The van der Waals surface area contributed by atoms with Crippen LogP contribution in [-0.2, 0) is 14.8 Å². The van der Waals surface area contributed by atoms with Gasteiger partial charge in [0.05, 0.1) is 28.0 Å². The predicted molar refractivity (Wildman–Crippen MR) is 137 cm³/mol. The van der Waals surface area contributed by atoms with Crippen molar-refractivity contribution in [1.82, 2.24) is 9.97 Å². The lowest BCUT2D eigenvalue weighted by molar-refractivity contribution is -0.113. The van der Waals surface area contributed by atoms with Crippen LogP contribution >= 0.6 is 11.8 Å². The third kappa shape index (κ3) is 5.70. The summed E-state index contributed by atoms with van der Waals surface area (Å²) in [5.41, 5.74) is 6.58. The second kappa shape index (κ2) is 10.8. The number of sulfonamides is 1. The van der Waals surface area contributed by atoms with Gasteiger partial charge >= 0.3 is 0 Å². The Balaban J connectivity index is 1.46. The summed E-state index contributed by atoms with van der Waals surface area (Å²) in [6.07, 6.45) is 2.87. The maximum absolute atomic E-state index is 12.5. The number of anilines is 3. The summed E-state index contributed by atoms with van der Waals surface area (Å²) < 4.78 is 32.8. The third-order valence-corrected chi connectivity index (χ3v) is 7.22. The minimum Gasteiger partial charge on any atom is -0.464 e. The van der Waals surface area contributed by atoms with Crippen molar-refractivity contribution in [2.75, 3.05) is 21.5 Å². The van der Waals surface area contributed by atoms with E-state index < -0.39 is 15.9 Å². The van der Waals surface area contributed by atoms with Crippen LogP contribution in [0.15, 0.2) is 81.4 Å². The zero-order valence-corrected chi connectivity index (χ0v) is 20.5. The van der Waals surface area contributed by atoms with Crippen molar-refractivity contribution in [3.63, 3.8) is 0 Å². The smallest absolute Gasteiger partial charge is 0.263 e. The monoisotopic (exact) mass is 531 g/mol. The molecule has 4 N–H and O–H groups in total. The van der Waals surface area contributed by atoms with Gasteiger partial charge in [0.15, 0.2) is 0 Å². The standard InChI is InChI=1S/C24H17N7O4S2/c25-12-17-22(19-4-3-11-35-19)18(13-26)24(30-23(17)27)36-14-21(32)29-15-6-8-16(9-7-15)37(33,34)31-20-5-1-2-10-28-20/h1-11H,14H2,(H2,27,30)(H,28,31)(H,29,32). The average molecular weight is 532 g/mol. The van der Waals surface area contributed by atoms with Gasteiger partial charge < -0.3 is 15.5 Å². The SMILES string of the molecule is N#Cc1c(N)nc(SCC(=O)Nc2ccc(S(=O)(=O)Nc3ccccn3)cc2)c(C#N)c1-c1ccco1. The summed E-state index contributed by atoms with van der Waals surface area (Å²) in [6.45, 7) is 0. The number of thioether (sulfide) groups is 1. The molecule has 4 rings (SSSR count). The third-order valence-electron chi connectivity index (χ3n) is 4.88. The molecule has 37 heavy (non-hydrogen) atoms. The molecule has 0 saturated heterocycles. The van der Waals surface area contributed by atoms with E-state index in [0.717, 1.165) is 11.8 Å². The summed E-state index contributed by atoms with van der Waals surface area (Å²) in [5.74, 6) is -0.194. The van der Waals surface area contributed by atoms with E-state index in [4.69, 9.17) is 10.2 Å². The van der Waals surface area contributed by atoms with E-state index in [1.807, 2.05) is 12.1 Å². The van der Waals surface area contributed by atoms with Gasteiger partial charge in [0.25, 0.3) is 10.0 Å². The second-order valence-electron chi connectivity index (χ2n) is 7.31. The number of nitrogen functional groups attached to an aromatic ring is 1. The molecule has 0 saturated carbocycles. The molecule has 3 aromatic heterocycles. The summed E-state index contributed by atoms with van der Waals surface area (Å²) in [7, 11) is -3.86. The van der Waals surface area contributed by atoms with Crippen molar-refractivity contribution in [2.24, 2.45) is 0 Å². The van der Waals surface area contributed by atoms with E-state index in [9.17, 15) is 23.7 Å². The minimum atomic E-state index is -3.86. The normalized spacial score (nSPS) is 10.8. The molecule has 0 fully saturated rings. The molecule has 184 valence electrons. The highest BCUT2D eigenvalue weighted by molar-refractivity contribution is 8.00. The van der Waals surface area contributed by atoms with E-state index in [-0.39, 0.29) is 49.8 Å². The first-order valence-electron chi connectivity index (χ1n) is 10.5. The van der Waals surface area contributed by atoms with Crippen molar-refractivity contribution < 1.29 is 17.6 Å². The number of nitrogens with zero attached hydrogens (tertiary/aromatic N) is 4. The summed E-state index contributed by atoms with van der Waals surface area (Å²) in [5, 5.41) is 22.1. The lowest BCUT2D eigenvalue weighted by Crippen LogP contribution is -2.16. The van der Waals surface area contributed by atoms with Gasteiger partial charge in [0, 0.05) is 11.9 Å². The lowest BCUT2D eigenvalue weighted by Gasteiger charge is -2.11. The fraction of sp³-hybridized carbons (Fsp3) is 0.0417. The zero-order chi connectivity index (χ0) is 26.4. The highest BCUT2D eigenvalue weighted by atomic mass is 32.2. The molecule has 11 nitrogen and oxygen atoms in total. The molecule has 0 unspecified atom stereocenters. The zero-order valence-electron chi connectivity index (χ0n) is 18.9. The van der Waals surface area contributed by atoms with Crippen LogP contribution in [0.3, 0.4) is 0 Å². The van der Waals surface area contributed by atoms with Gasteiger partial charge in [-0.1, -0.05) is 17.8 Å². The van der Waals surface area contributed by atoms with Crippen molar-refractivity contribution in [1.29, 1.82) is 10.5 Å². The van der Waals surface area contributed by atoms with Gasteiger partial charge in [0.2, 0.25) is 5.91 Å². The van der Waals surface area contributed by atoms with E-state index in [0.29, 0.717) is 5.69 Å². The van der Waals surface area contributed by atoms with E-state index in [2.05, 4.69) is 20.0 Å². The number of nitrogens with two attached hydrogens (primary N) is 1. The fourth-order valence-electron chi connectivity index (χ4n) is 3.24. The van der Waals surface area contributed by atoms with Crippen molar-refractivity contribution >= 4 is 45.0 Å². The predicted octanol–water partition coefficient (Wildman–Crippen LogP) is 3.59. The molecule has 0 aliphatic carbocycles. The topological polar surface area (TPSA) is 188 Å². The van der Waals surface area contributed by atoms with Crippen LogP contribution in [0.5, 0.6) is 0 Å². The van der Waals surface area contributed by atoms with Crippen molar-refractivity contribution in [3.8, 4) is 23.5 Å². The Labute approximate surface area is 216 Å². The molecule has 0 atom stereocenters. The lowest BCUT2D eigenvalue weighted by atomic mass is 10.0. The molecule has 1 amide bonds. The number of nitrogens with one attached hydrogen (secondary N) is 2. The Bertz CT molecular complexity index is 1630. The van der Waals surface area contributed by atoms with Gasteiger partial charge in [-0.25, -0.2) is 18.4 Å². The number of aromatic nitrogens is 2. The molecular formula is C24H17N7O4S2. The average Bonchev–Trinajstić information content (AvgIpc) is 3.42. The molecule has 0 aliphatic heterocycles. The first-order valence-corrected chi connectivity index (χ1v) is 12.9. The first kappa shape index (κ1) is 25.2. The van der Waals surface area contributed by atoms with Crippen LogP contribution in [-0.4, -0.2) is 30.0 Å². The van der Waals surface area contributed by atoms with Crippen molar-refractivity contribution in [3.05, 3.63) is 78.2 Å².